The van der Waals surface area contributed by atoms with E-state index in [4.69, 9.17) is 4.74 Å². The van der Waals surface area contributed by atoms with Gasteiger partial charge < -0.3 is 15.4 Å². The average Bonchev–Trinajstić information content (AvgIpc) is 2.57. The van der Waals surface area contributed by atoms with Gasteiger partial charge in [-0.1, -0.05) is 30.3 Å². The van der Waals surface area contributed by atoms with Crippen LogP contribution in [-0.4, -0.2) is 24.6 Å². The highest BCUT2D eigenvalue weighted by Gasteiger charge is 2.01. The normalized spacial score (nSPS) is 11.1. The summed E-state index contributed by atoms with van der Waals surface area (Å²) in [5.41, 5.74) is 2.31. The smallest absolute Gasteiger partial charge is 0.213 e. The molecule has 0 unspecified atom stereocenters. The Hall–Kier alpha value is -2.56. The molecule has 5 heteroatoms. The van der Waals surface area contributed by atoms with Crippen molar-refractivity contribution in [3.05, 3.63) is 59.8 Å². The maximum atomic E-state index is 5.40. The summed E-state index contributed by atoms with van der Waals surface area (Å²) >= 11 is 0. The van der Waals surface area contributed by atoms with E-state index in [-0.39, 0.29) is 0 Å². The van der Waals surface area contributed by atoms with Crippen LogP contribution in [0.2, 0.25) is 0 Å². The summed E-state index contributed by atoms with van der Waals surface area (Å²) < 4.78 is 5.40. The van der Waals surface area contributed by atoms with Crippen molar-refractivity contribution in [1.29, 1.82) is 0 Å². The summed E-state index contributed by atoms with van der Waals surface area (Å²) in [6.07, 6.45) is 1.75. The SMILES string of the molecule is CCOc1cc(CNC(=NC)NCc2ccccc2)ccn1. The first kappa shape index (κ1) is 15.8. The zero-order chi connectivity index (χ0) is 15.6. The first-order valence-electron chi connectivity index (χ1n) is 7.38. The monoisotopic (exact) mass is 298 g/mol. The second-order valence-electron chi connectivity index (χ2n) is 4.70. The Morgan fingerprint density at radius 1 is 1.09 bits per heavy atom. The molecule has 2 aromatic rings. The van der Waals surface area contributed by atoms with Crippen molar-refractivity contribution in [2.24, 2.45) is 4.99 Å². The maximum absolute atomic E-state index is 5.40. The molecule has 2 rings (SSSR count). The number of guanidine groups is 1. The lowest BCUT2D eigenvalue weighted by molar-refractivity contribution is 0.326. The number of aromatic nitrogens is 1. The molecule has 0 spiro atoms. The van der Waals surface area contributed by atoms with E-state index in [0.29, 0.717) is 19.0 Å². The third-order valence-corrected chi connectivity index (χ3v) is 3.08. The summed E-state index contributed by atoms with van der Waals surface area (Å²) in [4.78, 5) is 8.38. The molecule has 0 saturated carbocycles. The minimum atomic E-state index is 0.615. The molecule has 0 aliphatic rings. The molecule has 1 aromatic carbocycles. The van der Waals surface area contributed by atoms with Crippen molar-refractivity contribution in [3.63, 3.8) is 0 Å². The summed E-state index contributed by atoms with van der Waals surface area (Å²) in [5, 5.41) is 6.57. The Bertz CT molecular complexity index is 599. The minimum Gasteiger partial charge on any atom is -0.478 e. The van der Waals surface area contributed by atoms with Gasteiger partial charge in [-0.05, 0) is 24.1 Å². The molecule has 1 aromatic heterocycles. The van der Waals surface area contributed by atoms with Gasteiger partial charge in [-0.15, -0.1) is 0 Å². The van der Waals surface area contributed by atoms with Crippen LogP contribution >= 0.6 is 0 Å². The van der Waals surface area contributed by atoms with Crippen molar-refractivity contribution in [1.82, 2.24) is 15.6 Å². The third-order valence-electron chi connectivity index (χ3n) is 3.08. The van der Waals surface area contributed by atoms with Crippen LogP contribution in [0.4, 0.5) is 0 Å². The fourth-order valence-electron chi connectivity index (χ4n) is 1.98. The van der Waals surface area contributed by atoms with Gasteiger partial charge in [0, 0.05) is 32.4 Å². The van der Waals surface area contributed by atoms with E-state index >= 15 is 0 Å². The molecule has 0 amide bonds. The Morgan fingerprint density at radius 3 is 2.50 bits per heavy atom. The molecule has 0 saturated heterocycles. The van der Waals surface area contributed by atoms with Crippen molar-refractivity contribution in [3.8, 4) is 5.88 Å². The number of hydrogen-bond donors (Lipinski definition) is 2. The Labute approximate surface area is 131 Å². The Balaban J connectivity index is 1.84. The molecule has 1 heterocycles. The molecule has 0 bridgehead atoms. The first-order valence-corrected chi connectivity index (χ1v) is 7.38. The highest BCUT2D eigenvalue weighted by atomic mass is 16.5. The largest absolute Gasteiger partial charge is 0.478 e. The summed E-state index contributed by atoms with van der Waals surface area (Å²) in [6, 6.07) is 14.1. The van der Waals surface area contributed by atoms with Crippen LogP contribution in [0.15, 0.2) is 53.7 Å². The van der Waals surface area contributed by atoms with E-state index in [9.17, 15) is 0 Å². The van der Waals surface area contributed by atoms with Crippen molar-refractivity contribution < 1.29 is 4.74 Å². The summed E-state index contributed by atoms with van der Waals surface area (Å²) in [7, 11) is 1.76. The molecule has 22 heavy (non-hydrogen) atoms. The van der Waals surface area contributed by atoms with E-state index in [0.717, 1.165) is 18.1 Å². The molecule has 2 N–H and O–H groups in total. The fraction of sp³-hybridized carbons (Fsp3) is 0.294. The Kier molecular flexibility index (Phi) is 6.23. The number of benzene rings is 1. The van der Waals surface area contributed by atoms with Gasteiger partial charge in [0.1, 0.15) is 0 Å². The average molecular weight is 298 g/mol. The zero-order valence-electron chi connectivity index (χ0n) is 13.0. The topological polar surface area (TPSA) is 58.5 Å². The van der Waals surface area contributed by atoms with Gasteiger partial charge in [0.15, 0.2) is 5.96 Å². The standard InChI is InChI=1S/C17H22N4O/c1-3-22-16-11-15(9-10-19-16)13-21-17(18-2)20-12-14-7-5-4-6-8-14/h4-11H,3,12-13H2,1-2H3,(H2,18,20,21). The van der Waals surface area contributed by atoms with Crippen LogP contribution in [-0.2, 0) is 13.1 Å². The second kappa shape index (κ2) is 8.67. The van der Waals surface area contributed by atoms with Gasteiger partial charge >= 0.3 is 0 Å². The molecule has 5 nitrogen and oxygen atoms in total. The number of hydrogen-bond acceptors (Lipinski definition) is 3. The molecule has 0 atom stereocenters. The van der Waals surface area contributed by atoms with Gasteiger partial charge in [-0.2, -0.15) is 0 Å². The lowest BCUT2D eigenvalue weighted by Crippen LogP contribution is -2.36. The van der Waals surface area contributed by atoms with Crippen molar-refractivity contribution >= 4 is 5.96 Å². The predicted molar refractivity (Wildman–Crippen MR) is 88.9 cm³/mol. The van der Waals surface area contributed by atoms with Crippen LogP contribution in [0.1, 0.15) is 18.1 Å². The minimum absolute atomic E-state index is 0.615. The van der Waals surface area contributed by atoms with Gasteiger partial charge in [-0.25, -0.2) is 4.98 Å². The molecule has 0 aliphatic carbocycles. The number of pyridine rings is 1. The second-order valence-corrected chi connectivity index (χ2v) is 4.70. The van der Waals surface area contributed by atoms with Crippen LogP contribution in [0.5, 0.6) is 5.88 Å². The molecule has 0 radical (unpaired) electrons. The highest BCUT2D eigenvalue weighted by Crippen LogP contribution is 2.08. The predicted octanol–water partition coefficient (Wildman–Crippen LogP) is 2.35. The molecular formula is C17H22N4O. The lowest BCUT2D eigenvalue weighted by atomic mass is 10.2. The van der Waals surface area contributed by atoms with Crippen LogP contribution in [0.25, 0.3) is 0 Å². The van der Waals surface area contributed by atoms with E-state index < -0.39 is 0 Å². The van der Waals surface area contributed by atoms with E-state index in [1.807, 2.05) is 37.3 Å². The van der Waals surface area contributed by atoms with Crippen LogP contribution < -0.4 is 15.4 Å². The maximum Gasteiger partial charge on any atom is 0.213 e. The number of nitrogens with zero attached hydrogens (tertiary/aromatic N) is 2. The fourth-order valence-corrected chi connectivity index (χ4v) is 1.98. The van der Waals surface area contributed by atoms with Gasteiger partial charge in [0.05, 0.1) is 6.61 Å². The zero-order valence-corrected chi connectivity index (χ0v) is 13.0. The molecule has 0 fully saturated rings. The van der Waals surface area contributed by atoms with Gasteiger partial charge in [0.25, 0.3) is 0 Å². The number of ether oxygens (including phenoxy) is 1. The summed E-state index contributed by atoms with van der Waals surface area (Å²) in [6.45, 7) is 3.96. The van der Waals surface area contributed by atoms with Crippen LogP contribution in [0, 0.1) is 0 Å². The van der Waals surface area contributed by atoms with E-state index in [2.05, 4.69) is 32.7 Å². The summed E-state index contributed by atoms with van der Waals surface area (Å²) in [5.74, 6) is 1.41. The Morgan fingerprint density at radius 2 is 1.82 bits per heavy atom. The highest BCUT2D eigenvalue weighted by molar-refractivity contribution is 5.79. The van der Waals surface area contributed by atoms with Crippen molar-refractivity contribution in [2.75, 3.05) is 13.7 Å². The third kappa shape index (κ3) is 5.09. The first-order chi connectivity index (χ1) is 10.8. The number of nitrogens with one attached hydrogen (secondary N) is 2. The number of rotatable bonds is 6. The lowest BCUT2D eigenvalue weighted by Gasteiger charge is -2.12. The van der Waals surface area contributed by atoms with Gasteiger partial charge in [0.2, 0.25) is 5.88 Å². The van der Waals surface area contributed by atoms with Gasteiger partial charge in [-0.3, -0.25) is 4.99 Å². The molecule has 0 aliphatic heterocycles. The van der Waals surface area contributed by atoms with E-state index in [1.165, 1.54) is 5.56 Å². The van der Waals surface area contributed by atoms with E-state index in [1.54, 1.807) is 13.2 Å². The quantitative estimate of drug-likeness (QED) is 0.635. The molecule has 116 valence electrons. The van der Waals surface area contributed by atoms with Crippen molar-refractivity contribution in [2.45, 2.75) is 20.0 Å². The number of aliphatic imine (C=N–C) groups is 1. The molecular weight excluding hydrogens is 276 g/mol. The van der Waals surface area contributed by atoms with Crippen LogP contribution in [0.3, 0.4) is 0 Å².